The fourth-order valence-corrected chi connectivity index (χ4v) is 2.86. The van der Waals surface area contributed by atoms with E-state index in [-0.39, 0.29) is 0 Å². The van der Waals surface area contributed by atoms with Crippen LogP contribution in [0.5, 0.6) is 0 Å². The second kappa shape index (κ2) is 5.71. The Morgan fingerprint density at radius 3 is 2.90 bits per heavy atom. The maximum Gasteiger partial charge on any atom is 0.276 e. The summed E-state index contributed by atoms with van der Waals surface area (Å²) in [6, 6.07) is 3.82. The molecule has 2 heterocycles. The molecule has 5 nitrogen and oxygen atoms in total. The van der Waals surface area contributed by atoms with E-state index < -0.39 is 0 Å². The van der Waals surface area contributed by atoms with Crippen LogP contribution in [0.3, 0.4) is 0 Å². The summed E-state index contributed by atoms with van der Waals surface area (Å²) in [6.45, 7) is 2.74. The van der Waals surface area contributed by atoms with Gasteiger partial charge in [-0.1, -0.05) is 24.6 Å². The highest BCUT2D eigenvalue weighted by atomic mass is 16.5. The number of hydrogen-bond donors (Lipinski definition) is 1. The fourth-order valence-electron chi connectivity index (χ4n) is 2.86. The molecule has 3 rings (SSSR count). The van der Waals surface area contributed by atoms with Gasteiger partial charge in [0, 0.05) is 18.7 Å². The molecule has 2 unspecified atom stereocenters. The summed E-state index contributed by atoms with van der Waals surface area (Å²) in [6.07, 6.45) is 6.60. The topological polar surface area (TPSA) is 77.8 Å². The molecule has 1 fully saturated rings. The van der Waals surface area contributed by atoms with Gasteiger partial charge in [0.2, 0.25) is 0 Å². The molecule has 0 spiro atoms. The van der Waals surface area contributed by atoms with Crippen molar-refractivity contribution in [3.63, 3.8) is 0 Å². The van der Waals surface area contributed by atoms with Gasteiger partial charge in [-0.25, -0.2) is 0 Å². The van der Waals surface area contributed by atoms with Crippen molar-refractivity contribution in [3.05, 3.63) is 29.7 Å². The SMILES string of the molecule is CCC1CCC(c2noc(-c3ccc(CN)cn3)n2)C1. The highest BCUT2D eigenvalue weighted by Crippen LogP contribution is 2.38. The number of aromatic nitrogens is 3. The van der Waals surface area contributed by atoms with Gasteiger partial charge >= 0.3 is 0 Å². The molecule has 106 valence electrons. The Labute approximate surface area is 118 Å². The lowest BCUT2D eigenvalue weighted by Gasteiger charge is -2.04. The van der Waals surface area contributed by atoms with Crippen LogP contribution < -0.4 is 5.73 Å². The third-order valence-electron chi connectivity index (χ3n) is 4.21. The first kappa shape index (κ1) is 13.2. The van der Waals surface area contributed by atoms with Crippen molar-refractivity contribution >= 4 is 0 Å². The van der Waals surface area contributed by atoms with Crippen molar-refractivity contribution in [1.82, 2.24) is 15.1 Å². The van der Waals surface area contributed by atoms with Gasteiger partial charge in [0.25, 0.3) is 5.89 Å². The van der Waals surface area contributed by atoms with Crippen molar-refractivity contribution in [2.75, 3.05) is 0 Å². The summed E-state index contributed by atoms with van der Waals surface area (Å²) >= 11 is 0. The molecule has 1 saturated carbocycles. The molecular weight excluding hydrogens is 252 g/mol. The molecule has 1 aliphatic rings. The summed E-state index contributed by atoms with van der Waals surface area (Å²) in [5.41, 5.74) is 7.27. The Balaban J connectivity index is 1.76. The van der Waals surface area contributed by atoms with Crippen molar-refractivity contribution in [3.8, 4) is 11.6 Å². The minimum Gasteiger partial charge on any atom is -0.332 e. The van der Waals surface area contributed by atoms with Gasteiger partial charge in [-0.3, -0.25) is 4.98 Å². The van der Waals surface area contributed by atoms with E-state index in [9.17, 15) is 0 Å². The molecular formula is C15H20N4O. The van der Waals surface area contributed by atoms with E-state index in [1.807, 2.05) is 12.1 Å². The van der Waals surface area contributed by atoms with E-state index in [1.54, 1.807) is 6.20 Å². The van der Waals surface area contributed by atoms with Crippen molar-refractivity contribution in [2.24, 2.45) is 11.7 Å². The summed E-state index contributed by atoms with van der Waals surface area (Å²) in [5.74, 6) is 2.59. The van der Waals surface area contributed by atoms with Crippen molar-refractivity contribution < 1.29 is 4.52 Å². The van der Waals surface area contributed by atoms with Crippen molar-refractivity contribution in [1.29, 1.82) is 0 Å². The minimum absolute atomic E-state index is 0.445. The largest absolute Gasteiger partial charge is 0.332 e. The Kier molecular flexibility index (Phi) is 3.78. The van der Waals surface area contributed by atoms with Crippen LogP contribution in [0.25, 0.3) is 11.6 Å². The number of hydrogen-bond acceptors (Lipinski definition) is 5. The first-order valence-electron chi connectivity index (χ1n) is 7.29. The lowest BCUT2D eigenvalue weighted by Crippen LogP contribution is -1.98. The molecule has 2 aromatic rings. The second-order valence-electron chi connectivity index (χ2n) is 5.50. The summed E-state index contributed by atoms with van der Waals surface area (Å²) in [4.78, 5) is 8.83. The molecule has 2 aromatic heterocycles. The van der Waals surface area contributed by atoms with Gasteiger partial charge in [0.05, 0.1) is 0 Å². The number of nitrogens with zero attached hydrogens (tertiary/aromatic N) is 3. The molecule has 0 aliphatic heterocycles. The lowest BCUT2D eigenvalue weighted by atomic mass is 10.0. The summed E-state index contributed by atoms with van der Waals surface area (Å²) in [5, 5.41) is 4.14. The van der Waals surface area contributed by atoms with E-state index in [0.29, 0.717) is 24.0 Å². The van der Waals surface area contributed by atoms with E-state index in [1.165, 1.54) is 19.3 Å². The molecule has 2 atom stereocenters. The van der Waals surface area contributed by atoms with Crippen LogP contribution in [0.2, 0.25) is 0 Å². The summed E-state index contributed by atoms with van der Waals surface area (Å²) < 4.78 is 5.35. The zero-order chi connectivity index (χ0) is 13.9. The smallest absolute Gasteiger partial charge is 0.276 e. The normalized spacial score (nSPS) is 22.3. The molecule has 1 aliphatic carbocycles. The number of pyridine rings is 1. The van der Waals surface area contributed by atoms with Crippen LogP contribution >= 0.6 is 0 Å². The molecule has 20 heavy (non-hydrogen) atoms. The Hall–Kier alpha value is -1.75. The average molecular weight is 272 g/mol. The Morgan fingerprint density at radius 2 is 2.25 bits per heavy atom. The third kappa shape index (κ3) is 2.58. The van der Waals surface area contributed by atoms with Gasteiger partial charge in [-0.2, -0.15) is 4.98 Å². The van der Waals surface area contributed by atoms with Gasteiger partial charge < -0.3 is 10.3 Å². The Bertz CT molecular complexity index is 564. The lowest BCUT2D eigenvalue weighted by molar-refractivity contribution is 0.412. The van der Waals surface area contributed by atoms with Crippen LogP contribution in [0.1, 0.15) is 49.9 Å². The summed E-state index contributed by atoms with van der Waals surface area (Å²) in [7, 11) is 0. The minimum atomic E-state index is 0.445. The van der Waals surface area contributed by atoms with E-state index in [4.69, 9.17) is 10.3 Å². The highest BCUT2D eigenvalue weighted by molar-refractivity contribution is 5.46. The van der Waals surface area contributed by atoms with Gasteiger partial charge in [-0.05, 0) is 36.8 Å². The molecule has 0 bridgehead atoms. The zero-order valence-electron chi connectivity index (χ0n) is 11.7. The van der Waals surface area contributed by atoms with E-state index >= 15 is 0 Å². The first-order valence-corrected chi connectivity index (χ1v) is 7.29. The monoisotopic (exact) mass is 272 g/mol. The predicted molar refractivity (Wildman–Crippen MR) is 75.8 cm³/mol. The number of rotatable bonds is 4. The molecule has 0 saturated heterocycles. The molecule has 0 aromatic carbocycles. The van der Waals surface area contributed by atoms with Crippen molar-refractivity contribution in [2.45, 2.75) is 45.1 Å². The van der Waals surface area contributed by atoms with Crippen LogP contribution in [-0.4, -0.2) is 15.1 Å². The second-order valence-corrected chi connectivity index (χ2v) is 5.50. The maximum absolute atomic E-state index is 5.56. The molecule has 0 amide bonds. The van der Waals surface area contributed by atoms with Crippen LogP contribution in [0.15, 0.2) is 22.9 Å². The maximum atomic E-state index is 5.56. The standard InChI is InChI=1S/C15H20N4O/c1-2-10-3-5-12(7-10)14-18-15(20-19-14)13-6-4-11(8-16)9-17-13/h4,6,9-10,12H,2-3,5,7-8,16H2,1H3. The van der Waals surface area contributed by atoms with Gasteiger partial charge in [0.1, 0.15) is 5.69 Å². The van der Waals surface area contributed by atoms with Crippen LogP contribution in [-0.2, 0) is 6.54 Å². The van der Waals surface area contributed by atoms with Gasteiger partial charge in [-0.15, -0.1) is 0 Å². The highest BCUT2D eigenvalue weighted by Gasteiger charge is 2.28. The predicted octanol–water partition coefficient (Wildman–Crippen LogP) is 2.88. The van der Waals surface area contributed by atoms with Gasteiger partial charge in [0.15, 0.2) is 5.82 Å². The number of nitrogens with two attached hydrogens (primary N) is 1. The first-order chi connectivity index (χ1) is 9.80. The van der Waals surface area contributed by atoms with Crippen LogP contribution in [0, 0.1) is 5.92 Å². The van der Waals surface area contributed by atoms with E-state index in [2.05, 4.69) is 22.0 Å². The fraction of sp³-hybridized carbons (Fsp3) is 0.533. The Morgan fingerprint density at radius 1 is 1.35 bits per heavy atom. The third-order valence-corrected chi connectivity index (χ3v) is 4.21. The molecule has 5 heteroatoms. The molecule has 0 radical (unpaired) electrons. The average Bonchev–Trinajstić information content (AvgIpc) is 3.16. The molecule has 2 N–H and O–H groups in total. The van der Waals surface area contributed by atoms with E-state index in [0.717, 1.165) is 23.7 Å². The van der Waals surface area contributed by atoms with Crippen LogP contribution in [0.4, 0.5) is 0 Å². The zero-order valence-corrected chi connectivity index (χ0v) is 11.7. The quantitative estimate of drug-likeness (QED) is 0.925.